The Labute approximate surface area is 138 Å². The fraction of sp³-hybridized carbons (Fsp3) is 0.375. The van der Waals surface area contributed by atoms with Gasteiger partial charge in [-0.2, -0.15) is 0 Å². The van der Waals surface area contributed by atoms with Crippen molar-refractivity contribution in [3.05, 3.63) is 23.8 Å². The predicted molar refractivity (Wildman–Crippen MR) is 82.6 cm³/mol. The van der Waals surface area contributed by atoms with Crippen molar-refractivity contribution in [3.63, 3.8) is 0 Å². The SMILES string of the molecule is CC(=O)NC(C)(Cc1ccc(OC(C)=O)c(OC(C)=O)c1)C(=O)O. The van der Waals surface area contributed by atoms with Crippen molar-refractivity contribution in [2.24, 2.45) is 0 Å². The molecule has 0 saturated heterocycles. The van der Waals surface area contributed by atoms with E-state index in [4.69, 9.17) is 9.47 Å². The van der Waals surface area contributed by atoms with Gasteiger partial charge in [0, 0.05) is 27.2 Å². The number of hydrogen-bond donors (Lipinski definition) is 2. The summed E-state index contributed by atoms with van der Waals surface area (Å²) in [6, 6.07) is 4.31. The molecule has 24 heavy (non-hydrogen) atoms. The van der Waals surface area contributed by atoms with Gasteiger partial charge in [-0.15, -0.1) is 0 Å². The molecule has 1 atom stereocenters. The minimum absolute atomic E-state index is 0.00855. The quantitative estimate of drug-likeness (QED) is 0.588. The van der Waals surface area contributed by atoms with E-state index >= 15 is 0 Å². The first-order valence-corrected chi connectivity index (χ1v) is 7.05. The summed E-state index contributed by atoms with van der Waals surface area (Å²) in [5.74, 6) is -2.88. The molecule has 0 aliphatic carbocycles. The lowest BCUT2D eigenvalue weighted by atomic mass is 9.92. The number of nitrogens with one attached hydrogen (secondary N) is 1. The van der Waals surface area contributed by atoms with E-state index < -0.39 is 29.4 Å². The molecule has 8 nitrogen and oxygen atoms in total. The molecule has 130 valence electrons. The number of ether oxygens (including phenoxy) is 2. The number of hydrogen-bond acceptors (Lipinski definition) is 6. The Kier molecular flexibility index (Phi) is 6.05. The number of amides is 1. The van der Waals surface area contributed by atoms with E-state index in [0.29, 0.717) is 5.56 Å². The van der Waals surface area contributed by atoms with Crippen LogP contribution in [0.1, 0.15) is 33.3 Å². The summed E-state index contributed by atoms with van der Waals surface area (Å²) in [4.78, 5) is 45.0. The van der Waals surface area contributed by atoms with E-state index in [2.05, 4.69) is 5.32 Å². The van der Waals surface area contributed by atoms with E-state index in [1.807, 2.05) is 0 Å². The van der Waals surface area contributed by atoms with Gasteiger partial charge in [0.25, 0.3) is 0 Å². The predicted octanol–water partition coefficient (Wildman–Crippen LogP) is 1.06. The van der Waals surface area contributed by atoms with Crippen molar-refractivity contribution >= 4 is 23.8 Å². The van der Waals surface area contributed by atoms with Crippen molar-refractivity contribution in [2.75, 3.05) is 0 Å². The van der Waals surface area contributed by atoms with Crippen molar-refractivity contribution < 1.29 is 33.8 Å². The van der Waals surface area contributed by atoms with Crippen molar-refractivity contribution in [1.82, 2.24) is 5.32 Å². The Bertz CT molecular complexity index is 683. The summed E-state index contributed by atoms with van der Waals surface area (Å²) in [5, 5.41) is 11.7. The van der Waals surface area contributed by atoms with Crippen LogP contribution in [0.25, 0.3) is 0 Å². The van der Waals surface area contributed by atoms with E-state index in [1.165, 1.54) is 45.9 Å². The summed E-state index contributed by atoms with van der Waals surface area (Å²) in [6.45, 7) is 4.96. The maximum Gasteiger partial charge on any atom is 0.329 e. The van der Waals surface area contributed by atoms with Crippen LogP contribution in [0.4, 0.5) is 0 Å². The number of carboxylic acid groups (broad SMARTS) is 1. The molecule has 0 heterocycles. The third kappa shape index (κ3) is 5.38. The highest BCUT2D eigenvalue weighted by atomic mass is 16.6. The van der Waals surface area contributed by atoms with Crippen LogP contribution < -0.4 is 14.8 Å². The molecule has 0 aliphatic heterocycles. The number of carbonyl (C=O) groups excluding carboxylic acids is 3. The third-order valence-electron chi connectivity index (χ3n) is 3.00. The van der Waals surface area contributed by atoms with Gasteiger partial charge in [0.1, 0.15) is 5.54 Å². The zero-order valence-electron chi connectivity index (χ0n) is 13.8. The third-order valence-corrected chi connectivity index (χ3v) is 3.00. The number of rotatable bonds is 6. The normalized spacial score (nSPS) is 12.7. The average molecular weight is 337 g/mol. The first-order valence-electron chi connectivity index (χ1n) is 7.05. The highest BCUT2D eigenvalue weighted by Crippen LogP contribution is 2.30. The van der Waals surface area contributed by atoms with E-state index in [9.17, 15) is 24.3 Å². The molecule has 1 amide bonds. The molecule has 8 heteroatoms. The van der Waals surface area contributed by atoms with E-state index in [1.54, 1.807) is 0 Å². The number of benzene rings is 1. The molecule has 0 aromatic heterocycles. The molecule has 1 unspecified atom stereocenters. The van der Waals surface area contributed by atoms with Crippen LogP contribution in [0.5, 0.6) is 11.5 Å². The molecule has 1 aromatic carbocycles. The zero-order chi connectivity index (χ0) is 18.5. The topological polar surface area (TPSA) is 119 Å². The maximum absolute atomic E-state index is 11.5. The number of carboxylic acids is 1. The number of aliphatic carboxylic acids is 1. The average Bonchev–Trinajstić information content (AvgIpc) is 2.39. The Balaban J connectivity index is 3.19. The van der Waals surface area contributed by atoms with Gasteiger partial charge in [-0.25, -0.2) is 4.79 Å². The van der Waals surface area contributed by atoms with Gasteiger partial charge in [-0.05, 0) is 24.6 Å². The summed E-state index contributed by atoms with van der Waals surface area (Å²) in [5.41, 5.74) is -1.07. The highest BCUT2D eigenvalue weighted by molar-refractivity contribution is 5.86. The molecule has 0 aliphatic rings. The lowest BCUT2D eigenvalue weighted by molar-refractivity contribution is -0.146. The fourth-order valence-electron chi connectivity index (χ4n) is 2.11. The lowest BCUT2D eigenvalue weighted by Gasteiger charge is -2.26. The molecule has 1 aromatic rings. The molecule has 1 rings (SSSR count). The summed E-state index contributed by atoms with van der Waals surface area (Å²) in [6.07, 6.45) is -0.0590. The van der Waals surface area contributed by atoms with Gasteiger partial charge in [-0.1, -0.05) is 6.07 Å². The van der Waals surface area contributed by atoms with Gasteiger partial charge in [0.2, 0.25) is 5.91 Å². The first kappa shape index (κ1) is 19.1. The summed E-state index contributed by atoms with van der Waals surface area (Å²) < 4.78 is 9.93. The van der Waals surface area contributed by atoms with E-state index in [-0.39, 0.29) is 17.9 Å². The van der Waals surface area contributed by atoms with Gasteiger partial charge in [0.05, 0.1) is 0 Å². The second-order valence-corrected chi connectivity index (χ2v) is 5.46. The Hall–Kier alpha value is -2.90. The van der Waals surface area contributed by atoms with Crippen LogP contribution in [0, 0.1) is 0 Å². The second-order valence-electron chi connectivity index (χ2n) is 5.46. The standard InChI is InChI=1S/C16H19NO7/c1-9(18)17-16(4,15(21)22)8-12-5-6-13(23-10(2)19)14(7-12)24-11(3)20/h5-7H,8H2,1-4H3,(H,17,18)(H,21,22). The smallest absolute Gasteiger partial charge is 0.329 e. The van der Waals surface area contributed by atoms with Gasteiger partial charge >= 0.3 is 17.9 Å². The van der Waals surface area contributed by atoms with Gasteiger partial charge in [-0.3, -0.25) is 14.4 Å². The van der Waals surface area contributed by atoms with Crippen LogP contribution in [0.15, 0.2) is 18.2 Å². The first-order chi connectivity index (χ1) is 11.0. The van der Waals surface area contributed by atoms with Crippen LogP contribution >= 0.6 is 0 Å². The van der Waals surface area contributed by atoms with Crippen LogP contribution in [0.3, 0.4) is 0 Å². The second kappa shape index (κ2) is 7.58. The van der Waals surface area contributed by atoms with Crippen LogP contribution in [-0.4, -0.2) is 34.5 Å². The molecule has 0 radical (unpaired) electrons. The molecule has 0 bridgehead atoms. The number of esters is 2. The highest BCUT2D eigenvalue weighted by Gasteiger charge is 2.34. The molecule has 0 saturated carbocycles. The largest absolute Gasteiger partial charge is 0.480 e. The minimum atomic E-state index is -1.54. The van der Waals surface area contributed by atoms with Crippen molar-refractivity contribution in [2.45, 2.75) is 39.7 Å². The zero-order valence-corrected chi connectivity index (χ0v) is 13.8. The van der Waals surface area contributed by atoms with Crippen molar-refractivity contribution in [3.8, 4) is 11.5 Å². The molecular weight excluding hydrogens is 318 g/mol. The minimum Gasteiger partial charge on any atom is -0.480 e. The molecule has 2 N–H and O–H groups in total. The Morgan fingerprint density at radius 3 is 2.04 bits per heavy atom. The molecule has 0 fully saturated rings. The monoisotopic (exact) mass is 337 g/mol. The van der Waals surface area contributed by atoms with Crippen molar-refractivity contribution in [1.29, 1.82) is 0 Å². The van der Waals surface area contributed by atoms with Gasteiger partial charge in [0.15, 0.2) is 11.5 Å². The Morgan fingerprint density at radius 2 is 1.58 bits per heavy atom. The molecule has 0 spiro atoms. The fourth-order valence-corrected chi connectivity index (χ4v) is 2.11. The Morgan fingerprint density at radius 1 is 1.04 bits per heavy atom. The lowest BCUT2D eigenvalue weighted by Crippen LogP contribution is -2.53. The summed E-state index contributed by atoms with van der Waals surface area (Å²) in [7, 11) is 0. The molecular formula is C16H19NO7. The van der Waals surface area contributed by atoms with Gasteiger partial charge < -0.3 is 19.9 Å². The van der Waals surface area contributed by atoms with E-state index in [0.717, 1.165) is 0 Å². The number of carbonyl (C=O) groups is 4. The maximum atomic E-state index is 11.5. The van der Waals surface area contributed by atoms with Crippen LogP contribution in [-0.2, 0) is 25.6 Å². The summed E-state index contributed by atoms with van der Waals surface area (Å²) >= 11 is 0. The van der Waals surface area contributed by atoms with Crippen LogP contribution in [0.2, 0.25) is 0 Å².